The van der Waals surface area contributed by atoms with Crippen LogP contribution in [-0.4, -0.2) is 62.8 Å². The third kappa shape index (κ3) is 11.8. The molecule has 0 aliphatic heterocycles. The van der Waals surface area contributed by atoms with E-state index in [1.807, 2.05) is 0 Å². The van der Waals surface area contributed by atoms with Crippen molar-refractivity contribution in [2.75, 3.05) is 18.5 Å². The summed E-state index contributed by atoms with van der Waals surface area (Å²) in [5, 5.41) is 27.4. The van der Waals surface area contributed by atoms with Gasteiger partial charge in [-0.2, -0.15) is 0 Å². The van der Waals surface area contributed by atoms with Gasteiger partial charge in [0.1, 0.15) is 5.75 Å². The van der Waals surface area contributed by atoms with E-state index in [0.29, 0.717) is 22.4 Å². The van der Waals surface area contributed by atoms with E-state index in [0.717, 1.165) is 17.3 Å². The second-order valence-corrected chi connectivity index (χ2v) is 13.6. The number of ether oxygens (including phenoxy) is 1. The van der Waals surface area contributed by atoms with Crippen LogP contribution in [0.4, 0.5) is 0 Å². The number of halogens is 1. The summed E-state index contributed by atoms with van der Waals surface area (Å²) < 4.78 is 4.97. The fourth-order valence-electron chi connectivity index (χ4n) is 3.61. The van der Waals surface area contributed by atoms with Gasteiger partial charge >= 0.3 is 23.9 Å². The molecule has 9 nitrogen and oxygen atoms in total. The highest BCUT2D eigenvalue weighted by molar-refractivity contribution is 8.14. The summed E-state index contributed by atoms with van der Waals surface area (Å²) in [4.78, 5) is 58.1. The van der Waals surface area contributed by atoms with Crippen molar-refractivity contribution in [1.29, 1.82) is 0 Å². The molecule has 0 radical (unpaired) electrons. The van der Waals surface area contributed by atoms with Gasteiger partial charge in [-0.3, -0.25) is 24.0 Å². The van der Waals surface area contributed by atoms with Crippen LogP contribution in [0.5, 0.6) is 5.75 Å². The molecule has 37 heavy (non-hydrogen) atoms. The van der Waals surface area contributed by atoms with Crippen LogP contribution in [0.1, 0.15) is 42.1 Å². The van der Waals surface area contributed by atoms with Gasteiger partial charge < -0.3 is 32.5 Å². The molecule has 0 spiro atoms. The molecule has 3 N–H and O–H groups in total. The summed E-state index contributed by atoms with van der Waals surface area (Å²) in [6, 6.07) is 13.3. The van der Waals surface area contributed by atoms with Crippen molar-refractivity contribution in [2.45, 2.75) is 37.2 Å². The fourth-order valence-corrected chi connectivity index (χ4v) is 8.48. The summed E-state index contributed by atoms with van der Waals surface area (Å²) >= 11 is 1.01. The van der Waals surface area contributed by atoms with Crippen LogP contribution in [-0.2, 0) is 25.3 Å². The number of carbonyl (C=O) groups is 5. The Kier molecular flexibility index (Phi) is 13.3. The number of rotatable bonds is 14. The Labute approximate surface area is 225 Å². The van der Waals surface area contributed by atoms with Crippen molar-refractivity contribution in [3.8, 4) is 5.75 Å². The van der Waals surface area contributed by atoms with Crippen LogP contribution in [0.2, 0.25) is 0 Å². The Hall–Kier alpha value is -2.94. The fraction of sp³-hybridized carbons (Fsp3) is 0.320. The van der Waals surface area contributed by atoms with Gasteiger partial charge in [-0.1, -0.05) is 24.3 Å². The SMILES string of the molecule is CC(=O)Oc1ccc(SC(=O)c2ccc(C[P+](CCC(=O)O)(CCC(=O)O)CCC(=O)O)cc2)cc1.[Cl-]. The quantitative estimate of drug-likeness (QED) is 0.132. The maximum atomic E-state index is 12.7. The van der Waals surface area contributed by atoms with E-state index >= 15 is 0 Å². The highest BCUT2D eigenvalue weighted by Crippen LogP contribution is 2.62. The minimum absolute atomic E-state index is 0. The second-order valence-electron chi connectivity index (χ2n) is 8.25. The Morgan fingerprint density at radius 3 is 1.62 bits per heavy atom. The molecule has 0 aliphatic rings. The molecule has 0 heterocycles. The zero-order chi connectivity index (χ0) is 26.7. The largest absolute Gasteiger partial charge is 1.00 e. The Morgan fingerprint density at radius 1 is 0.757 bits per heavy atom. The van der Waals surface area contributed by atoms with E-state index in [1.165, 1.54) is 6.92 Å². The predicted molar refractivity (Wildman–Crippen MR) is 136 cm³/mol. The molecule has 0 fully saturated rings. The van der Waals surface area contributed by atoms with Crippen LogP contribution >= 0.6 is 19.0 Å². The lowest BCUT2D eigenvalue weighted by Crippen LogP contribution is -3.00. The Bertz CT molecular complexity index is 1060. The number of carboxylic acids is 3. The van der Waals surface area contributed by atoms with E-state index < -0.39 is 31.1 Å². The first-order chi connectivity index (χ1) is 17.0. The number of hydrogen-bond acceptors (Lipinski definition) is 7. The molecule has 0 unspecified atom stereocenters. The molecule has 0 atom stereocenters. The molecular weight excluding hydrogens is 543 g/mol. The first-order valence-corrected chi connectivity index (χ1v) is 14.4. The van der Waals surface area contributed by atoms with Gasteiger partial charge in [0.15, 0.2) is 0 Å². The van der Waals surface area contributed by atoms with Crippen molar-refractivity contribution < 1.29 is 56.4 Å². The number of esters is 1. The topological polar surface area (TPSA) is 155 Å². The lowest BCUT2D eigenvalue weighted by Gasteiger charge is -2.26. The summed E-state index contributed by atoms with van der Waals surface area (Å²) in [7, 11) is -2.26. The van der Waals surface area contributed by atoms with E-state index in [2.05, 4.69) is 0 Å². The third-order valence-corrected chi connectivity index (χ3v) is 10.9. The number of thioether (sulfide) groups is 1. The molecule has 0 aromatic heterocycles. The van der Waals surface area contributed by atoms with Gasteiger partial charge in [-0.15, -0.1) is 0 Å². The maximum Gasteiger partial charge on any atom is 0.308 e. The summed E-state index contributed by atoms with van der Waals surface area (Å²) in [5.74, 6) is -3.09. The molecular formula is C25H28ClO9PS. The first-order valence-electron chi connectivity index (χ1n) is 11.1. The van der Waals surface area contributed by atoms with Crippen molar-refractivity contribution in [2.24, 2.45) is 0 Å². The molecule has 12 heteroatoms. The van der Waals surface area contributed by atoms with E-state index in [-0.39, 0.29) is 55.3 Å². The molecule has 2 aromatic carbocycles. The smallest absolute Gasteiger partial charge is 0.308 e. The molecule has 0 bridgehead atoms. The normalized spacial score (nSPS) is 10.7. The van der Waals surface area contributed by atoms with Crippen molar-refractivity contribution in [3.63, 3.8) is 0 Å². The minimum atomic E-state index is -2.26. The van der Waals surface area contributed by atoms with Crippen LogP contribution < -0.4 is 17.1 Å². The van der Waals surface area contributed by atoms with Crippen LogP contribution in [0.3, 0.4) is 0 Å². The Morgan fingerprint density at radius 2 is 1.22 bits per heavy atom. The van der Waals surface area contributed by atoms with Gasteiger partial charge in [-0.05, 0) is 41.6 Å². The molecule has 0 amide bonds. The molecule has 200 valence electrons. The van der Waals surface area contributed by atoms with E-state index in [4.69, 9.17) is 4.74 Å². The second kappa shape index (κ2) is 15.3. The number of hydrogen-bond donors (Lipinski definition) is 3. The standard InChI is InChI=1S/C25H27O9PS.ClH/c1-17(26)34-20-6-8-21(9-7-20)36-25(33)19-4-2-18(3-5-19)16-35(13-10-22(27)28,14-11-23(29)30)15-12-24(31)32;/h2-9H,10-16H2,1H3,(H2-,27,28,29,30,31,32);1H. The summed E-state index contributed by atoms with van der Waals surface area (Å²) in [6.07, 6.45) is 0.692. The van der Waals surface area contributed by atoms with Crippen LogP contribution in [0, 0.1) is 0 Å². The predicted octanol–water partition coefficient (Wildman–Crippen LogP) is 1.49. The van der Waals surface area contributed by atoms with Crippen molar-refractivity contribution in [3.05, 3.63) is 59.7 Å². The average molecular weight is 571 g/mol. The van der Waals surface area contributed by atoms with Gasteiger partial charge in [-0.25, -0.2) is 0 Å². The molecule has 2 aromatic rings. The van der Waals surface area contributed by atoms with E-state index in [1.54, 1.807) is 48.5 Å². The number of carboxylic acid groups (broad SMARTS) is 3. The van der Waals surface area contributed by atoms with Crippen molar-refractivity contribution in [1.82, 2.24) is 0 Å². The van der Waals surface area contributed by atoms with Crippen LogP contribution in [0.15, 0.2) is 53.4 Å². The van der Waals surface area contributed by atoms with Gasteiger partial charge in [0, 0.05) is 24.6 Å². The zero-order valence-electron chi connectivity index (χ0n) is 20.1. The van der Waals surface area contributed by atoms with Crippen molar-refractivity contribution >= 4 is 48.0 Å². The number of carbonyl (C=O) groups excluding carboxylic acids is 2. The zero-order valence-corrected chi connectivity index (χ0v) is 22.6. The summed E-state index contributed by atoms with van der Waals surface area (Å²) in [5.41, 5.74) is 1.25. The van der Waals surface area contributed by atoms with E-state index in [9.17, 15) is 39.3 Å². The van der Waals surface area contributed by atoms with Gasteiger partial charge in [0.25, 0.3) is 0 Å². The maximum absolute atomic E-state index is 12.7. The average Bonchev–Trinajstić information content (AvgIpc) is 2.81. The third-order valence-electron chi connectivity index (χ3n) is 5.40. The monoisotopic (exact) mass is 570 g/mol. The first kappa shape index (κ1) is 32.1. The minimum Gasteiger partial charge on any atom is -1.00 e. The van der Waals surface area contributed by atoms with Gasteiger partial charge in [0.05, 0.1) is 43.9 Å². The molecule has 0 saturated carbocycles. The highest BCUT2D eigenvalue weighted by atomic mass is 35.5. The number of aliphatic carboxylic acids is 3. The summed E-state index contributed by atoms with van der Waals surface area (Å²) in [6.45, 7) is 1.30. The van der Waals surface area contributed by atoms with Crippen LogP contribution in [0.25, 0.3) is 0 Å². The molecule has 2 rings (SSSR count). The Balaban J connectivity index is 0.00000684. The highest BCUT2D eigenvalue weighted by Gasteiger charge is 2.39. The lowest BCUT2D eigenvalue weighted by molar-refractivity contribution is -0.137. The molecule has 0 aliphatic carbocycles. The lowest BCUT2D eigenvalue weighted by atomic mass is 10.2. The van der Waals surface area contributed by atoms with Gasteiger partial charge in [0.2, 0.25) is 5.12 Å². The molecule has 0 saturated heterocycles. The number of benzene rings is 2.